The van der Waals surface area contributed by atoms with E-state index >= 15 is 0 Å². The van der Waals surface area contributed by atoms with Crippen molar-refractivity contribution in [2.45, 2.75) is 12.8 Å². The van der Waals surface area contributed by atoms with E-state index in [1.54, 1.807) is 29.2 Å². The van der Waals surface area contributed by atoms with Crippen molar-refractivity contribution in [3.8, 4) is 0 Å². The predicted octanol–water partition coefficient (Wildman–Crippen LogP) is 3.87. The highest BCUT2D eigenvalue weighted by Crippen LogP contribution is 2.20. The molecule has 2 amide bonds. The number of piperidine rings is 1. The van der Waals surface area contributed by atoms with E-state index in [2.05, 4.69) is 21.2 Å². The molecule has 0 bridgehead atoms. The van der Waals surface area contributed by atoms with Crippen LogP contribution in [0, 0.1) is 11.7 Å². The van der Waals surface area contributed by atoms with E-state index < -0.39 is 5.82 Å². The van der Waals surface area contributed by atoms with Crippen molar-refractivity contribution in [1.82, 2.24) is 10.2 Å². The van der Waals surface area contributed by atoms with Crippen molar-refractivity contribution < 1.29 is 14.0 Å². The van der Waals surface area contributed by atoms with E-state index in [0.29, 0.717) is 31.1 Å². The summed E-state index contributed by atoms with van der Waals surface area (Å²) in [6.07, 6.45) is 1.58. The molecule has 1 N–H and O–H groups in total. The maximum atomic E-state index is 13.8. The van der Waals surface area contributed by atoms with E-state index in [4.69, 9.17) is 0 Å². The van der Waals surface area contributed by atoms with Gasteiger partial charge in [-0.15, -0.1) is 0 Å². The van der Waals surface area contributed by atoms with Crippen LogP contribution in [-0.2, 0) is 0 Å². The van der Waals surface area contributed by atoms with Gasteiger partial charge in [0.1, 0.15) is 5.82 Å². The van der Waals surface area contributed by atoms with Crippen LogP contribution in [0.15, 0.2) is 53.0 Å². The topological polar surface area (TPSA) is 49.4 Å². The summed E-state index contributed by atoms with van der Waals surface area (Å²) >= 11 is 3.36. The number of amides is 2. The first-order valence-corrected chi connectivity index (χ1v) is 9.41. The molecule has 1 saturated heterocycles. The lowest BCUT2D eigenvalue weighted by Gasteiger charge is -2.32. The Balaban J connectivity index is 1.49. The molecule has 2 aromatic carbocycles. The average Bonchev–Trinajstić information content (AvgIpc) is 2.66. The molecule has 1 fully saturated rings. The molecule has 0 radical (unpaired) electrons. The van der Waals surface area contributed by atoms with Gasteiger partial charge >= 0.3 is 0 Å². The second-order valence-corrected chi connectivity index (χ2v) is 7.35. The van der Waals surface area contributed by atoms with Crippen LogP contribution < -0.4 is 5.32 Å². The summed E-state index contributed by atoms with van der Waals surface area (Å²) < 4.78 is 14.6. The fraction of sp³-hybridized carbons (Fsp3) is 0.300. The minimum atomic E-state index is -0.485. The highest BCUT2D eigenvalue weighted by molar-refractivity contribution is 9.10. The number of benzene rings is 2. The monoisotopic (exact) mass is 418 g/mol. The van der Waals surface area contributed by atoms with Gasteiger partial charge in [-0.3, -0.25) is 9.59 Å². The third-order valence-corrected chi connectivity index (χ3v) is 5.14. The van der Waals surface area contributed by atoms with Gasteiger partial charge in [-0.1, -0.05) is 34.1 Å². The van der Waals surface area contributed by atoms with Crippen molar-refractivity contribution in [2.24, 2.45) is 5.92 Å². The highest BCUT2D eigenvalue weighted by Gasteiger charge is 2.25. The maximum absolute atomic E-state index is 13.8. The van der Waals surface area contributed by atoms with Gasteiger partial charge in [-0.05, 0) is 49.1 Å². The van der Waals surface area contributed by atoms with Crippen LogP contribution in [0.5, 0.6) is 0 Å². The fourth-order valence-corrected chi connectivity index (χ4v) is 3.51. The van der Waals surface area contributed by atoms with E-state index in [1.807, 2.05) is 12.1 Å². The number of rotatable bonds is 4. The Bertz CT molecular complexity index is 804. The number of nitrogens with zero attached hydrogens (tertiary/aromatic N) is 1. The van der Waals surface area contributed by atoms with Crippen molar-refractivity contribution in [2.75, 3.05) is 19.6 Å². The Morgan fingerprint density at radius 3 is 2.54 bits per heavy atom. The number of hydrogen-bond donors (Lipinski definition) is 1. The van der Waals surface area contributed by atoms with Crippen LogP contribution >= 0.6 is 15.9 Å². The number of nitrogens with one attached hydrogen (secondary N) is 1. The molecule has 1 aliphatic heterocycles. The van der Waals surface area contributed by atoms with Crippen LogP contribution in [-0.4, -0.2) is 36.3 Å². The van der Waals surface area contributed by atoms with Gasteiger partial charge in [0.15, 0.2) is 0 Å². The zero-order valence-electron chi connectivity index (χ0n) is 14.3. The molecule has 0 aliphatic carbocycles. The molecule has 0 aromatic heterocycles. The van der Waals surface area contributed by atoms with Crippen LogP contribution in [0.3, 0.4) is 0 Å². The Hall–Kier alpha value is -2.21. The average molecular weight is 419 g/mol. The lowest BCUT2D eigenvalue weighted by Crippen LogP contribution is -2.41. The quantitative estimate of drug-likeness (QED) is 0.818. The first-order chi connectivity index (χ1) is 12.5. The normalized spacial score (nSPS) is 14.9. The first-order valence-electron chi connectivity index (χ1n) is 8.62. The number of carbonyl (C=O) groups is 2. The Morgan fingerprint density at radius 2 is 1.85 bits per heavy atom. The van der Waals surface area contributed by atoms with Crippen molar-refractivity contribution in [3.05, 3.63) is 69.9 Å². The van der Waals surface area contributed by atoms with Crippen molar-refractivity contribution in [3.63, 3.8) is 0 Å². The molecule has 2 aromatic rings. The molecular weight excluding hydrogens is 399 g/mol. The zero-order chi connectivity index (χ0) is 18.5. The molecule has 0 saturated carbocycles. The molecule has 26 heavy (non-hydrogen) atoms. The Kier molecular flexibility index (Phi) is 6.04. The smallest absolute Gasteiger partial charge is 0.256 e. The summed E-state index contributed by atoms with van der Waals surface area (Å²) in [7, 11) is 0. The molecule has 1 heterocycles. The molecular formula is C20H20BrFN2O2. The number of likely N-dealkylation sites (tertiary alicyclic amines) is 1. The molecule has 4 nitrogen and oxygen atoms in total. The number of halogens is 2. The van der Waals surface area contributed by atoms with Crippen LogP contribution in [0.25, 0.3) is 0 Å². The standard InChI is InChI=1S/C20H20BrFN2O2/c21-16-5-3-4-15(12-16)19(25)23-13-14-8-10-24(11-9-14)20(26)17-6-1-2-7-18(17)22/h1-7,12,14H,8-11,13H2,(H,23,25). The van der Waals surface area contributed by atoms with E-state index in [0.717, 1.165) is 17.3 Å². The summed E-state index contributed by atoms with van der Waals surface area (Å²) in [5.41, 5.74) is 0.737. The lowest BCUT2D eigenvalue weighted by molar-refractivity contribution is 0.0679. The lowest BCUT2D eigenvalue weighted by atomic mass is 9.96. The first kappa shape index (κ1) is 18.6. The van der Waals surface area contributed by atoms with Crippen molar-refractivity contribution in [1.29, 1.82) is 0 Å². The van der Waals surface area contributed by atoms with Crippen LogP contribution in [0.2, 0.25) is 0 Å². The number of hydrogen-bond acceptors (Lipinski definition) is 2. The van der Waals surface area contributed by atoms with Gasteiger partial charge < -0.3 is 10.2 Å². The molecule has 0 unspecified atom stereocenters. The molecule has 0 spiro atoms. The Morgan fingerprint density at radius 1 is 1.12 bits per heavy atom. The summed E-state index contributed by atoms with van der Waals surface area (Å²) in [4.78, 5) is 26.3. The van der Waals surface area contributed by atoms with E-state index in [1.165, 1.54) is 12.1 Å². The summed E-state index contributed by atoms with van der Waals surface area (Å²) in [6.45, 7) is 1.72. The zero-order valence-corrected chi connectivity index (χ0v) is 15.8. The van der Waals surface area contributed by atoms with Gasteiger partial charge in [0.2, 0.25) is 0 Å². The molecule has 0 atom stereocenters. The predicted molar refractivity (Wildman–Crippen MR) is 102 cm³/mol. The van der Waals surface area contributed by atoms with Crippen molar-refractivity contribution >= 4 is 27.7 Å². The summed E-state index contributed by atoms with van der Waals surface area (Å²) in [5, 5.41) is 2.96. The minimum absolute atomic E-state index is 0.101. The third kappa shape index (κ3) is 4.49. The third-order valence-electron chi connectivity index (χ3n) is 4.64. The van der Waals surface area contributed by atoms with Crippen LogP contribution in [0.4, 0.5) is 4.39 Å². The highest BCUT2D eigenvalue weighted by atomic mass is 79.9. The second kappa shape index (κ2) is 8.45. The van der Waals surface area contributed by atoms with Gasteiger partial charge in [0.05, 0.1) is 5.56 Å². The van der Waals surface area contributed by atoms with Gasteiger partial charge in [0.25, 0.3) is 11.8 Å². The Labute approximate surface area is 160 Å². The molecule has 1 aliphatic rings. The van der Waals surface area contributed by atoms with Gasteiger partial charge in [-0.2, -0.15) is 0 Å². The minimum Gasteiger partial charge on any atom is -0.352 e. The SMILES string of the molecule is O=C(NCC1CCN(C(=O)c2ccccc2F)CC1)c1cccc(Br)c1. The summed E-state index contributed by atoms with van der Waals surface area (Å²) in [5.74, 6) is -0.535. The number of carbonyl (C=O) groups excluding carboxylic acids is 2. The molecule has 136 valence electrons. The van der Waals surface area contributed by atoms with Gasteiger partial charge in [0, 0.05) is 29.7 Å². The van der Waals surface area contributed by atoms with E-state index in [-0.39, 0.29) is 17.4 Å². The van der Waals surface area contributed by atoms with Crippen LogP contribution in [0.1, 0.15) is 33.6 Å². The molecule has 3 rings (SSSR count). The maximum Gasteiger partial charge on any atom is 0.256 e. The van der Waals surface area contributed by atoms with E-state index in [9.17, 15) is 14.0 Å². The van der Waals surface area contributed by atoms with Gasteiger partial charge in [-0.25, -0.2) is 4.39 Å². The largest absolute Gasteiger partial charge is 0.352 e. The molecule has 6 heteroatoms. The summed E-state index contributed by atoms with van der Waals surface area (Å²) in [6, 6.07) is 13.3. The fourth-order valence-electron chi connectivity index (χ4n) is 3.11. The second-order valence-electron chi connectivity index (χ2n) is 6.44.